The Balaban J connectivity index is 2.04. The molecule has 1 aromatic heterocycles. The van der Waals surface area contributed by atoms with Gasteiger partial charge in [0, 0.05) is 16.5 Å². The van der Waals surface area contributed by atoms with E-state index in [1.807, 2.05) is 20.8 Å². The van der Waals surface area contributed by atoms with Crippen LogP contribution in [-0.4, -0.2) is 17.5 Å². The highest BCUT2D eigenvalue weighted by molar-refractivity contribution is 7.11. The number of para-hydroxylation sites is 1. The highest BCUT2D eigenvalue weighted by atomic mass is 32.1. The molecule has 0 radical (unpaired) electrons. The summed E-state index contributed by atoms with van der Waals surface area (Å²) in [7, 11) is 0. The van der Waals surface area contributed by atoms with Crippen molar-refractivity contribution in [3.05, 3.63) is 51.5 Å². The average Bonchev–Trinajstić information content (AvgIpc) is 2.84. The summed E-state index contributed by atoms with van der Waals surface area (Å²) in [6.07, 6.45) is 2.75. The Bertz CT molecular complexity index is 744. The second-order valence-corrected chi connectivity index (χ2v) is 6.40. The zero-order valence-electron chi connectivity index (χ0n) is 13.5. The number of amides is 1. The Morgan fingerprint density at radius 3 is 2.67 bits per heavy atom. The molecule has 4 nitrogen and oxygen atoms in total. The summed E-state index contributed by atoms with van der Waals surface area (Å²) in [6.45, 7) is 2.77. The molecule has 2 aromatic rings. The van der Waals surface area contributed by atoms with Gasteiger partial charge in [0.1, 0.15) is 5.75 Å². The molecule has 0 saturated carbocycles. The summed E-state index contributed by atoms with van der Waals surface area (Å²) in [5.41, 5.74) is 1.30. The van der Waals surface area contributed by atoms with Crippen LogP contribution in [0.3, 0.4) is 0 Å². The molecule has 128 valence electrons. The minimum absolute atomic E-state index is 0.0264. The second kappa shape index (κ2) is 8.01. The van der Waals surface area contributed by atoms with Crippen LogP contribution in [0.25, 0.3) is 6.08 Å². The maximum atomic E-state index is 12.4. The summed E-state index contributed by atoms with van der Waals surface area (Å²) < 4.78 is 29.2. The van der Waals surface area contributed by atoms with Crippen molar-refractivity contribution in [1.29, 1.82) is 0 Å². The Hall–Kier alpha value is -2.28. The van der Waals surface area contributed by atoms with Crippen LogP contribution in [-0.2, 0) is 4.79 Å². The predicted octanol–water partition coefficient (Wildman–Crippen LogP) is 4.25. The van der Waals surface area contributed by atoms with Gasteiger partial charge in [0.25, 0.3) is 0 Å². The summed E-state index contributed by atoms with van der Waals surface area (Å²) in [6, 6.07) is 6.12. The number of ether oxygens (including phenoxy) is 1. The lowest BCUT2D eigenvalue weighted by Gasteiger charge is -2.11. The van der Waals surface area contributed by atoms with Gasteiger partial charge in [-0.15, -0.1) is 11.3 Å². The molecule has 1 atom stereocenters. The molecule has 7 heteroatoms. The number of carbonyl (C=O) groups excluding carboxylic acids is 1. The van der Waals surface area contributed by atoms with E-state index in [-0.39, 0.29) is 17.7 Å². The lowest BCUT2D eigenvalue weighted by atomic mass is 10.2. The van der Waals surface area contributed by atoms with E-state index in [1.165, 1.54) is 29.6 Å². The van der Waals surface area contributed by atoms with Crippen molar-refractivity contribution in [2.24, 2.45) is 0 Å². The normalized spacial score (nSPS) is 12.6. The lowest BCUT2D eigenvalue weighted by Crippen LogP contribution is -2.24. The van der Waals surface area contributed by atoms with Crippen LogP contribution in [0.15, 0.2) is 30.3 Å². The number of rotatable bonds is 6. The molecule has 0 fully saturated rings. The van der Waals surface area contributed by atoms with Crippen LogP contribution in [0, 0.1) is 13.8 Å². The minimum atomic E-state index is -2.91. The molecule has 1 N–H and O–H groups in total. The van der Waals surface area contributed by atoms with Crippen LogP contribution in [0.1, 0.15) is 34.1 Å². The van der Waals surface area contributed by atoms with Crippen molar-refractivity contribution in [3.63, 3.8) is 0 Å². The van der Waals surface area contributed by atoms with Gasteiger partial charge in [-0.2, -0.15) is 8.78 Å². The van der Waals surface area contributed by atoms with E-state index < -0.39 is 6.61 Å². The molecule has 1 aromatic carbocycles. The molecule has 0 aliphatic rings. The molecule has 1 heterocycles. The molecule has 24 heavy (non-hydrogen) atoms. The van der Waals surface area contributed by atoms with Crippen molar-refractivity contribution in [2.75, 3.05) is 0 Å². The topological polar surface area (TPSA) is 51.2 Å². The molecule has 2 rings (SSSR count). The zero-order chi connectivity index (χ0) is 17.7. The maximum Gasteiger partial charge on any atom is 0.387 e. The Morgan fingerprint density at radius 1 is 1.33 bits per heavy atom. The van der Waals surface area contributed by atoms with Crippen molar-refractivity contribution in [2.45, 2.75) is 33.4 Å². The van der Waals surface area contributed by atoms with Crippen LogP contribution >= 0.6 is 11.3 Å². The monoisotopic (exact) mass is 352 g/mol. The van der Waals surface area contributed by atoms with Gasteiger partial charge in [0.2, 0.25) is 5.91 Å². The third kappa shape index (κ3) is 4.86. The molecular weight excluding hydrogens is 334 g/mol. The minimum Gasteiger partial charge on any atom is -0.434 e. The fraction of sp³-hybridized carbons (Fsp3) is 0.294. The number of nitrogens with one attached hydrogen (secondary N) is 1. The number of halogens is 2. The van der Waals surface area contributed by atoms with E-state index in [2.05, 4.69) is 15.0 Å². The molecule has 1 amide bonds. The summed E-state index contributed by atoms with van der Waals surface area (Å²) in [5, 5.41) is 3.78. The van der Waals surface area contributed by atoms with Gasteiger partial charge < -0.3 is 10.1 Å². The standard InChI is InChI=1S/C17H18F2N2O2S/c1-10-16(24-12(3)20-10)11(2)21-15(22)9-8-13-6-4-5-7-14(13)23-17(18)19/h4-9,11,17H,1-3H3,(H,21,22)/b9-8-/t11-/m0/s1. The van der Waals surface area contributed by atoms with Crippen molar-refractivity contribution < 1.29 is 18.3 Å². The van der Waals surface area contributed by atoms with E-state index in [0.717, 1.165) is 15.6 Å². The number of benzene rings is 1. The molecular formula is C17H18F2N2O2S. The van der Waals surface area contributed by atoms with Crippen LogP contribution in [0.2, 0.25) is 0 Å². The first kappa shape index (κ1) is 18.1. The SMILES string of the molecule is Cc1nc(C)c([C@H](C)NC(=O)/C=C\c2ccccc2OC(F)F)s1. The highest BCUT2D eigenvalue weighted by Gasteiger charge is 2.14. The number of alkyl halides is 2. The van der Waals surface area contributed by atoms with E-state index in [1.54, 1.807) is 18.2 Å². The maximum absolute atomic E-state index is 12.4. The van der Waals surface area contributed by atoms with Gasteiger partial charge in [0.15, 0.2) is 0 Å². The lowest BCUT2D eigenvalue weighted by molar-refractivity contribution is -0.117. The van der Waals surface area contributed by atoms with Gasteiger partial charge in [-0.1, -0.05) is 18.2 Å². The highest BCUT2D eigenvalue weighted by Crippen LogP contribution is 2.24. The fourth-order valence-electron chi connectivity index (χ4n) is 2.26. The largest absolute Gasteiger partial charge is 0.434 e. The first-order valence-electron chi connectivity index (χ1n) is 7.33. The quantitative estimate of drug-likeness (QED) is 0.791. The van der Waals surface area contributed by atoms with Gasteiger partial charge in [-0.3, -0.25) is 4.79 Å². The van der Waals surface area contributed by atoms with Gasteiger partial charge in [-0.05, 0) is 32.9 Å². The number of aromatic nitrogens is 1. The van der Waals surface area contributed by atoms with Gasteiger partial charge in [-0.25, -0.2) is 4.98 Å². The van der Waals surface area contributed by atoms with E-state index in [4.69, 9.17) is 0 Å². The molecule has 0 spiro atoms. The Labute approximate surface area is 143 Å². The van der Waals surface area contributed by atoms with Crippen LogP contribution < -0.4 is 10.1 Å². The Morgan fingerprint density at radius 2 is 2.04 bits per heavy atom. The summed E-state index contributed by atoms with van der Waals surface area (Å²) >= 11 is 1.53. The number of thiazole rings is 1. The molecule has 0 unspecified atom stereocenters. The van der Waals surface area contributed by atoms with Gasteiger partial charge >= 0.3 is 6.61 Å². The van der Waals surface area contributed by atoms with Crippen molar-refractivity contribution >= 4 is 23.3 Å². The van der Waals surface area contributed by atoms with Crippen molar-refractivity contribution in [1.82, 2.24) is 10.3 Å². The third-order valence-electron chi connectivity index (χ3n) is 3.24. The third-order valence-corrected chi connectivity index (χ3v) is 4.50. The first-order chi connectivity index (χ1) is 11.4. The predicted molar refractivity (Wildman–Crippen MR) is 90.3 cm³/mol. The van der Waals surface area contributed by atoms with E-state index in [9.17, 15) is 13.6 Å². The summed E-state index contributed by atoms with van der Waals surface area (Å²) in [5.74, 6) is -0.293. The van der Waals surface area contributed by atoms with Crippen LogP contribution in [0.4, 0.5) is 8.78 Å². The van der Waals surface area contributed by atoms with E-state index >= 15 is 0 Å². The van der Waals surface area contributed by atoms with E-state index in [0.29, 0.717) is 5.56 Å². The molecule has 0 aliphatic heterocycles. The zero-order valence-corrected chi connectivity index (χ0v) is 14.4. The summed E-state index contributed by atoms with van der Waals surface area (Å²) in [4.78, 5) is 17.4. The smallest absolute Gasteiger partial charge is 0.387 e. The second-order valence-electron chi connectivity index (χ2n) is 5.16. The molecule has 0 bridgehead atoms. The number of hydrogen-bond donors (Lipinski definition) is 1. The van der Waals surface area contributed by atoms with Gasteiger partial charge in [0.05, 0.1) is 16.7 Å². The number of hydrogen-bond acceptors (Lipinski definition) is 4. The molecule has 0 saturated heterocycles. The van der Waals surface area contributed by atoms with Crippen LogP contribution in [0.5, 0.6) is 5.75 Å². The fourth-order valence-corrected chi connectivity index (χ4v) is 3.19. The Kier molecular flexibility index (Phi) is 6.03. The first-order valence-corrected chi connectivity index (χ1v) is 8.15. The number of carbonyl (C=O) groups is 1. The number of aryl methyl sites for hydroxylation is 2. The molecule has 0 aliphatic carbocycles. The average molecular weight is 352 g/mol. The number of nitrogens with zero attached hydrogens (tertiary/aromatic N) is 1. The van der Waals surface area contributed by atoms with Crippen molar-refractivity contribution in [3.8, 4) is 5.75 Å².